The normalized spacial score (nSPS) is 11.0. The Balaban J connectivity index is 0.00000112. The molecule has 0 aliphatic heterocycles. The molecule has 0 spiro atoms. The summed E-state index contributed by atoms with van der Waals surface area (Å²) in [4.78, 5) is 7.51. The second-order valence-electron chi connectivity index (χ2n) is 2.72. The number of benzene rings is 1. The SMILES string of the molecule is Cl.O=S(=O)(O)c1ccc2ncncc2c1. The van der Waals surface area contributed by atoms with Crippen molar-refractivity contribution in [2.75, 3.05) is 0 Å². The van der Waals surface area contributed by atoms with Crippen molar-refractivity contribution in [3.05, 3.63) is 30.7 Å². The molecule has 1 aromatic heterocycles. The van der Waals surface area contributed by atoms with Gasteiger partial charge in [0.2, 0.25) is 0 Å². The topological polar surface area (TPSA) is 80.2 Å². The number of aromatic nitrogens is 2. The van der Waals surface area contributed by atoms with Crippen LogP contribution in [-0.4, -0.2) is 22.9 Å². The lowest BCUT2D eigenvalue weighted by Gasteiger charge is -1.98. The fraction of sp³-hybridized carbons (Fsp3) is 0. The van der Waals surface area contributed by atoms with Gasteiger partial charge in [0, 0.05) is 11.6 Å². The summed E-state index contributed by atoms with van der Waals surface area (Å²) in [5.74, 6) is 0. The molecule has 0 radical (unpaired) electrons. The Morgan fingerprint density at radius 2 is 2.00 bits per heavy atom. The van der Waals surface area contributed by atoms with Gasteiger partial charge in [-0.3, -0.25) is 4.55 Å². The van der Waals surface area contributed by atoms with E-state index in [1.807, 2.05) is 0 Å². The highest BCUT2D eigenvalue weighted by atomic mass is 35.5. The van der Waals surface area contributed by atoms with E-state index < -0.39 is 10.1 Å². The number of nitrogens with zero attached hydrogens (tertiary/aromatic N) is 2. The molecule has 0 bridgehead atoms. The largest absolute Gasteiger partial charge is 0.294 e. The van der Waals surface area contributed by atoms with Gasteiger partial charge in [-0.15, -0.1) is 12.4 Å². The third-order valence-corrected chi connectivity index (χ3v) is 2.62. The van der Waals surface area contributed by atoms with Gasteiger partial charge in [0.05, 0.1) is 10.4 Å². The molecule has 0 saturated carbocycles. The zero-order valence-corrected chi connectivity index (χ0v) is 8.99. The molecule has 1 aromatic carbocycles. The summed E-state index contributed by atoms with van der Waals surface area (Å²) in [6.07, 6.45) is 2.85. The van der Waals surface area contributed by atoms with E-state index in [0.29, 0.717) is 10.9 Å². The summed E-state index contributed by atoms with van der Waals surface area (Å²) < 4.78 is 30.4. The molecule has 1 heterocycles. The lowest BCUT2D eigenvalue weighted by molar-refractivity contribution is 0.483. The van der Waals surface area contributed by atoms with Crippen molar-refractivity contribution in [1.29, 1.82) is 0 Å². The maximum atomic E-state index is 10.8. The van der Waals surface area contributed by atoms with Crippen LogP contribution in [0.25, 0.3) is 10.9 Å². The van der Waals surface area contributed by atoms with E-state index in [2.05, 4.69) is 9.97 Å². The first-order chi connectivity index (χ1) is 6.57. The van der Waals surface area contributed by atoms with Crippen molar-refractivity contribution < 1.29 is 13.0 Å². The van der Waals surface area contributed by atoms with Gasteiger partial charge in [-0.1, -0.05) is 0 Å². The molecular formula is C8H7ClN2O3S. The van der Waals surface area contributed by atoms with Crippen molar-refractivity contribution in [3.8, 4) is 0 Å². The van der Waals surface area contributed by atoms with Crippen LogP contribution >= 0.6 is 12.4 Å². The molecule has 80 valence electrons. The van der Waals surface area contributed by atoms with Crippen molar-refractivity contribution in [2.24, 2.45) is 0 Å². The van der Waals surface area contributed by atoms with E-state index >= 15 is 0 Å². The first kappa shape index (κ1) is 11.8. The van der Waals surface area contributed by atoms with Crippen molar-refractivity contribution in [3.63, 3.8) is 0 Å². The van der Waals surface area contributed by atoms with Gasteiger partial charge < -0.3 is 0 Å². The molecular weight excluding hydrogens is 240 g/mol. The highest BCUT2D eigenvalue weighted by molar-refractivity contribution is 7.85. The molecule has 0 aliphatic rings. The van der Waals surface area contributed by atoms with Crippen molar-refractivity contribution in [1.82, 2.24) is 9.97 Å². The zero-order valence-electron chi connectivity index (χ0n) is 7.36. The van der Waals surface area contributed by atoms with E-state index in [9.17, 15) is 8.42 Å². The maximum absolute atomic E-state index is 10.8. The average molecular weight is 247 g/mol. The first-order valence-corrected chi connectivity index (χ1v) is 5.19. The monoisotopic (exact) mass is 246 g/mol. The minimum absolute atomic E-state index is 0. The average Bonchev–Trinajstić information content (AvgIpc) is 2.16. The fourth-order valence-corrected chi connectivity index (χ4v) is 1.64. The predicted octanol–water partition coefficient (Wildman–Crippen LogP) is 1.30. The Bertz CT molecular complexity index is 585. The molecule has 0 saturated heterocycles. The van der Waals surface area contributed by atoms with Gasteiger partial charge in [0.15, 0.2) is 0 Å². The summed E-state index contributed by atoms with van der Waals surface area (Å²) in [5, 5.41) is 0.572. The molecule has 0 atom stereocenters. The Morgan fingerprint density at radius 3 is 2.67 bits per heavy atom. The third kappa shape index (κ3) is 2.41. The molecule has 7 heteroatoms. The van der Waals surface area contributed by atoms with Crippen molar-refractivity contribution in [2.45, 2.75) is 4.90 Å². The van der Waals surface area contributed by atoms with Gasteiger partial charge >= 0.3 is 0 Å². The number of hydrogen-bond acceptors (Lipinski definition) is 4. The van der Waals surface area contributed by atoms with Crippen LogP contribution in [-0.2, 0) is 10.1 Å². The van der Waals surface area contributed by atoms with Crippen molar-refractivity contribution >= 4 is 33.4 Å². The summed E-state index contributed by atoms with van der Waals surface area (Å²) >= 11 is 0. The molecule has 5 nitrogen and oxygen atoms in total. The molecule has 0 aliphatic carbocycles. The van der Waals surface area contributed by atoms with E-state index in [0.717, 1.165) is 0 Å². The quantitative estimate of drug-likeness (QED) is 0.767. The van der Waals surface area contributed by atoms with Crippen LogP contribution in [0.3, 0.4) is 0 Å². The fourth-order valence-electron chi connectivity index (χ4n) is 1.12. The number of halogens is 1. The Labute approximate surface area is 92.3 Å². The van der Waals surface area contributed by atoms with Gasteiger partial charge in [-0.2, -0.15) is 8.42 Å². The Morgan fingerprint density at radius 1 is 1.27 bits per heavy atom. The first-order valence-electron chi connectivity index (χ1n) is 3.74. The molecule has 15 heavy (non-hydrogen) atoms. The van der Waals surface area contributed by atoms with Crippen LogP contribution in [0.4, 0.5) is 0 Å². The van der Waals surface area contributed by atoms with Crippen LogP contribution in [0.2, 0.25) is 0 Å². The zero-order chi connectivity index (χ0) is 10.2. The maximum Gasteiger partial charge on any atom is 0.294 e. The van der Waals surface area contributed by atoms with Crippen LogP contribution in [0.5, 0.6) is 0 Å². The van der Waals surface area contributed by atoms with E-state index in [1.54, 1.807) is 0 Å². The van der Waals surface area contributed by atoms with Gasteiger partial charge in [-0.05, 0) is 18.2 Å². The smallest absolute Gasteiger partial charge is 0.282 e. The number of fused-ring (bicyclic) bond motifs is 1. The molecule has 0 amide bonds. The van der Waals surface area contributed by atoms with E-state index in [-0.39, 0.29) is 17.3 Å². The minimum Gasteiger partial charge on any atom is -0.282 e. The van der Waals surface area contributed by atoms with Gasteiger partial charge in [0.1, 0.15) is 6.33 Å². The standard InChI is InChI=1S/C8H6N2O3S.ClH/c11-14(12,13)7-1-2-8-6(3-7)4-9-5-10-8;/h1-5H,(H,11,12,13);1H. The molecule has 2 rings (SSSR count). The summed E-state index contributed by atoms with van der Waals surface area (Å²) in [6.45, 7) is 0. The lowest BCUT2D eigenvalue weighted by atomic mass is 10.2. The Kier molecular flexibility index (Phi) is 3.23. The van der Waals surface area contributed by atoms with Crippen LogP contribution in [0.15, 0.2) is 35.6 Å². The van der Waals surface area contributed by atoms with Crippen LogP contribution in [0.1, 0.15) is 0 Å². The van der Waals surface area contributed by atoms with Gasteiger partial charge in [0.25, 0.3) is 10.1 Å². The van der Waals surface area contributed by atoms with E-state index in [1.165, 1.54) is 30.7 Å². The summed E-state index contributed by atoms with van der Waals surface area (Å²) in [7, 11) is -4.15. The second-order valence-corrected chi connectivity index (χ2v) is 4.14. The highest BCUT2D eigenvalue weighted by Gasteiger charge is 2.09. The number of rotatable bonds is 1. The van der Waals surface area contributed by atoms with E-state index in [4.69, 9.17) is 4.55 Å². The summed E-state index contributed by atoms with van der Waals surface area (Å²) in [6, 6.07) is 4.13. The number of hydrogen-bond donors (Lipinski definition) is 1. The molecule has 0 fully saturated rings. The predicted molar refractivity (Wildman–Crippen MR) is 56.6 cm³/mol. The second kappa shape index (κ2) is 4.09. The highest BCUT2D eigenvalue weighted by Crippen LogP contribution is 2.15. The molecule has 1 N–H and O–H groups in total. The summed E-state index contributed by atoms with van der Waals surface area (Å²) in [5.41, 5.74) is 0.632. The van der Waals surface area contributed by atoms with Crippen LogP contribution in [0, 0.1) is 0 Å². The lowest BCUT2D eigenvalue weighted by Crippen LogP contribution is -1.97. The van der Waals surface area contributed by atoms with Gasteiger partial charge in [-0.25, -0.2) is 9.97 Å². The molecule has 2 aromatic rings. The Hall–Kier alpha value is -1.24. The minimum atomic E-state index is -4.15. The molecule has 0 unspecified atom stereocenters. The van der Waals surface area contributed by atoms with Crippen LogP contribution < -0.4 is 0 Å². The third-order valence-electron chi connectivity index (χ3n) is 1.77.